The molecule has 1 aromatic carbocycles. The van der Waals surface area contributed by atoms with Crippen LogP contribution in [0.2, 0.25) is 0 Å². The van der Waals surface area contributed by atoms with Gasteiger partial charge in [-0.25, -0.2) is 0 Å². The molecule has 17 heavy (non-hydrogen) atoms. The number of nitrogens with one attached hydrogen (secondary N) is 1. The Bertz CT molecular complexity index is 349. The summed E-state index contributed by atoms with van der Waals surface area (Å²) in [6.45, 7) is 4.64. The van der Waals surface area contributed by atoms with Gasteiger partial charge < -0.3 is 10.1 Å². The van der Waals surface area contributed by atoms with E-state index in [1.54, 1.807) is 12.1 Å². The SMILES string of the molecule is CC(C)Oc1ccc(C(=O)NCCCBr)cc1. The molecular weight excluding hydrogens is 282 g/mol. The third kappa shape index (κ3) is 5.22. The maximum atomic E-state index is 11.7. The molecule has 3 nitrogen and oxygen atoms in total. The molecule has 0 saturated heterocycles. The Morgan fingerprint density at radius 1 is 1.35 bits per heavy atom. The molecule has 0 aliphatic heterocycles. The van der Waals surface area contributed by atoms with Gasteiger partial charge in [0.05, 0.1) is 6.10 Å². The van der Waals surface area contributed by atoms with Gasteiger partial charge in [-0.1, -0.05) is 15.9 Å². The molecule has 1 N–H and O–H groups in total. The van der Waals surface area contributed by atoms with Crippen LogP contribution in [-0.4, -0.2) is 23.9 Å². The zero-order chi connectivity index (χ0) is 12.7. The van der Waals surface area contributed by atoms with Gasteiger partial charge in [-0.15, -0.1) is 0 Å². The van der Waals surface area contributed by atoms with E-state index in [1.807, 2.05) is 26.0 Å². The lowest BCUT2D eigenvalue weighted by molar-refractivity contribution is 0.0954. The predicted molar refractivity (Wildman–Crippen MR) is 73.0 cm³/mol. The Hall–Kier alpha value is -1.03. The van der Waals surface area contributed by atoms with Crippen molar-refractivity contribution in [2.75, 3.05) is 11.9 Å². The third-order valence-electron chi connectivity index (χ3n) is 2.08. The second kappa shape index (κ2) is 7.33. The number of benzene rings is 1. The maximum Gasteiger partial charge on any atom is 0.251 e. The van der Waals surface area contributed by atoms with E-state index in [4.69, 9.17) is 4.74 Å². The minimum Gasteiger partial charge on any atom is -0.491 e. The van der Waals surface area contributed by atoms with Crippen LogP contribution < -0.4 is 10.1 Å². The summed E-state index contributed by atoms with van der Waals surface area (Å²) in [5.74, 6) is 0.749. The average molecular weight is 300 g/mol. The number of hydrogen-bond acceptors (Lipinski definition) is 2. The summed E-state index contributed by atoms with van der Waals surface area (Å²) in [4.78, 5) is 11.7. The third-order valence-corrected chi connectivity index (χ3v) is 2.64. The van der Waals surface area contributed by atoms with Crippen molar-refractivity contribution in [2.24, 2.45) is 0 Å². The van der Waals surface area contributed by atoms with Crippen molar-refractivity contribution in [3.05, 3.63) is 29.8 Å². The molecule has 1 rings (SSSR count). The Kier molecular flexibility index (Phi) is 6.05. The van der Waals surface area contributed by atoms with Gasteiger partial charge in [-0.2, -0.15) is 0 Å². The standard InChI is InChI=1S/C13H18BrNO2/c1-10(2)17-12-6-4-11(5-7-12)13(16)15-9-3-8-14/h4-7,10H,3,8-9H2,1-2H3,(H,15,16). The Balaban J connectivity index is 2.52. The highest BCUT2D eigenvalue weighted by molar-refractivity contribution is 9.09. The van der Waals surface area contributed by atoms with Crippen LogP contribution in [0.4, 0.5) is 0 Å². The van der Waals surface area contributed by atoms with E-state index >= 15 is 0 Å². The van der Waals surface area contributed by atoms with Crippen LogP contribution in [-0.2, 0) is 0 Å². The van der Waals surface area contributed by atoms with E-state index < -0.39 is 0 Å². The lowest BCUT2D eigenvalue weighted by Crippen LogP contribution is -2.24. The van der Waals surface area contributed by atoms with Gasteiger partial charge in [0.25, 0.3) is 5.91 Å². The summed E-state index contributed by atoms with van der Waals surface area (Å²) >= 11 is 3.32. The molecule has 0 unspecified atom stereocenters. The predicted octanol–water partition coefficient (Wildman–Crippen LogP) is 2.99. The quantitative estimate of drug-likeness (QED) is 0.648. The van der Waals surface area contributed by atoms with Gasteiger partial charge in [0.1, 0.15) is 5.75 Å². The fourth-order valence-corrected chi connectivity index (χ4v) is 1.61. The monoisotopic (exact) mass is 299 g/mol. The number of hydrogen-bond donors (Lipinski definition) is 1. The molecule has 4 heteroatoms. The van der Waals surface area contributed by atoms with Crippen LogP contribution in [0.3, 0.4) is 0 Å². The molecular formula is C13H18BrNO2. The number of alkyl halides is 1. The molecule has 1 amide bonds. The van der Waals surface area contributed by atoms with Crippen molar-refractivity contribution < 1.29 is 9.53 Å². The fraction of sp³-hybridized carbons (Fsp3) is 0.462. The molecule has 0 spiro atoms. The molecule has 0 heterocycles. The Morgan fingerprint density at radius 3 is 2.53 bits per heavy atom. The van der Waals surface area contributed by atoms with E-state index in [-0.39, 0.29) is 12.0 Å². The van der Waals surface area contributed by atoms with Crippen LogP contribution in [0, 0.1) is 0 Å². The largest absolute Gasteiger partial charge is 0.491 e. The molecule has 0 fully saturated rings. The zero-order valence-corrected chi connectivity index (χ0v) is 11.8. The summed E-state index contributed by atoms with van der Waals surface area (Å²) < 4.78 is 5.51. The van der Waals surface area contributed by atoms with Crippen LogP contribution in [0.15, 0.2) is 24.3 Å². The van der Waals surface area contributed by atoms with Gasteiger partial charge in [-0.3, -0.25) is 4.79 Å². The van der Waals surface area contributed by atoms with E-state index in [0.717, 1.165) is 17.5 Å². The van der Waals surface area contributed by atoms with Crippen molar-refractivity contribution in [2.45, 2.75) is 26.4 Å². The van der Waals surface area contributed by atoms with Crippen LogP contribution in [0.25, 0.3) is 0 Å². The highest BCUT2D eigenvalue weighted by Gasteiger charge is 2.05. The zero-order valence-electron chi connectivity index (χ0n) is 10.2. The van der Waals surface area contributed by atoms with Crippen molar-refractivity contribution >= 4 is 21.8 Å². The molecule has 0 radical (unpaired) electrons. The van der Waals surface area contributed by atoms with Gasteiger partial charge >= 0.3 is 0 Å². The lowest BCUT2D eigenvalue weighted by atomic mass is 10.2. The summed E-state index contributed by atoms with van der Waals surface area (Å²) in [5.41, 5.74) is 0.663. The first kappa shape index (κ1) is 14.0. The summed E-state index contributed by atoms with van der Waals surface area (Å²) in [7, 11) is 0. The Labute approximate surface area is 111 Å². The minimum atomic E-state index is -0.0398. The molecule has 94 valence electrons. The van der Waals surface area contributed by atoms with Crippen LogP contribution >= 0.6 is 15.9 Å². The smallest absolute Gasteiger partial charge is 0.251 e. The minimum absolute atomic E-state index is 0.0398. The number of halogens is 1. The van der Waals surface area contributed by atoms with E-state index in [1.165, 1.54) is 0 Å². The Morgan fingerprint density at radius 2 is 2.00 bits per heavy atom. The maximum absolute atomic E-state index is 11.7. The molecule has 0 aliphatic carbocycles. The first-order chi connectivity index (χ1) is 8.13. The molecule has 0 aliphatic rings. The van der Waals surface area contributed by atoms with E-state index in [0.29, 0.717) is 12.1 Å². The van der Waals surface area contributed by atoms with E-state index in [2.05, 4.69) is 21.2 Å². The first-order valence-electron chi connectivity index (χ1n) is 5.74. The summed E-state index contributed by atoms with van der Waals surface area (Å²) in [6.07, 6.45) is 1.08. The van der Waals surface area contributed by atoms with Crippen LogP contribution in [0.1, 0.15) is 30.6 Å². The molecule has 1 aromatic rings. The van der Waals surface area contributed by atoms with Gasteiger partial charge in [0.15, 0.2) is 0 Å². The lowest BCUT2D eigenvalue weighted by Gasteiger charge is -2.10. The molecule has 0 atom stereocenters. The van der Waals surface area contributed by atoms with Crippen LogP contribution in [0.5, 0.6) is 5.75 Å². The van der Waals surface area contributed by atoms with Gasteiger partial charge in [0, 0.05) is 17.4 Å². The van der Waals surface area contributed by atoms with Gasteiger partial charge in [0.2, 0.25) is 0 Å². The second-order valence-electron chi connectivity index (χ2n) is 3.99. The highest BCUT2D eigenvalue weighted by Crippen LogP contribution is 2.13. The molecule has 0 bridgehead atoms. The van der Waals surface area contributed by atoms with Gasteiger partial charge in [-0.05, 0) is 44.5 Å². The number of amides is 1. The summed E-state index contributed by atoms with van der Waals surface area (Å²) in [6, 6.07) is 7.20. The second-order valence-corrected chi connectivity index (χ2v) is 4.78. The van der Waals surface area contributed by atoms with Crippen molar-refractivity contribution in [1.82, 2.24) is 5.32 Å². The average Bonchev–Trinajstić information content (AvgIpc) is 2.29. The van der Waals surface area contributed by atoms with Crippen molar-refractivity contribution in [3.8, 4) is 5.75 Å². The van der Waals surface area contributed by atoms with E-state index in [9.17, 15) is 4.79 Å². The number of ether oxygens (including phenoxy) is 1. The molecule has 0 saturated carbocycles. The normalized spacial score (nSPS) is 10.4. The number of rotatable bonds is 6. The van der Waals surface area contributed by atoms with Crippen molar-refractivity contribution in [3.63, 3.8) is 0 Å². The summed E-state index contributed by atoms with van der Waals surface area (Å²) in [5, 5.41) is 3.75. The molecule has 0 aromatic heterocycles. The number of carbonyl (C=O) groups is 1. The fourth-order valence-electron chi connectivity index (χ4n) is 1.33. The van der Waals surface area contributed by atoms with Crippen molar-refractivity contribution in [1.29, 1.82) is 0 Å². The highest BCUT2D eigenvalue weighted by atomic mass is 79.9. The first-order valence-corrected chi connectivity index (χ1v) is 6.86. The number of carbonyl (C=O) groups excluding carboxylic acids is 1. The topological polar surface area (TPSA) is 38.3 Å².